The number of sulfonamides is 1. The highest BCUT2D eigenvalue weighted by atomic mass is 32.3. The van der Waals surface area contributed by atoms with E-state index in [1.54, 1.807) is 11.6 Å². The first-order valence-corrected chi connectivity index (χ1v) is 11.2. The molecule has 0 saturated carbocycles. The van der Waals surface area contributed by atoms with E-state index in [2.05, 4.69) is 5.32 Å². The van der Waals surface area contributed by atoms with Gasteiger partial charge in [0.05, 0.1) is 5.25 Å². The minimum absolute atomic E-state index is 0.0112. The largest absolute Gasteiger partial charge is 0.384 e. The standard InChI is InChI=1S/C13H20N2O6S3/c1-4-14-10-5-7(2)23(18,19)13-9(10)6-11(22-13)24(20,21)15-12(17)8(3)16/h6-8,10,14,16H,4-5H2,1-3H3,(H,15,17)/t7-,8-,10-/m0/s1. The lowest BCUT2D eigenvalue weighted by atomic mass is 10.1. The Morgan fingerprint density at radius 3 is 2.67 bits per heavy atom. The molecule has 0 aliphatic carbocycles. The molecule has 1 aromatic rings. The Labute approximate surface area is 145 Å². The maximum Gasteiger partial charge on any atom is 0.273 e. The smallest absolute Gasteiger partial charge is 0.273 e. The SMILES string of the molecule is CCN[C@H]1C[C@H](C)S(=O)(=O)c2sc(S(=O)(=O)NC(=O)[C@H](C)O)cc21. The van der Waals surface area contributed by atoms with Crippen molar-refractivity contribution in [2.24, 2.45) is 0 Å². The molecule has 2 heterocycles. The van der Waals surface area contributed by atoms with Crippen LogP contribution in [0.2, 0.25) is 0 Å². The molecular formula is C13H20N2O6S3. The van der Waals surface area contributed by atoms with Gasteiger partial charge in [0.15, 0.2) is 9.84 Å². The number of amides is 1. The lowest BCUT2D eigenvalue weighted by molar-refractivity contribution is -0.126. The summed E-state index contributed by atoms with van der Waals surface area (Å²) in [7, 11) is -7.84. The Morgan fingerprint density at radius 2 is 2.12 bits per heavy atom. The van der Waals surface area contributed by atoms with Crippen molar-refractivity contribution in [3.63, 3.8) is 0 Å². The van der Waals surface area contributed by atoms with Crippen molar-refractivity contribution in [3.05, 3.63) is 11.6 Å². The number of aliphatic hydroxyl groups is 1. The molecule has 0 spiro atoms. The van der Waals surface area contributed by atoms with Crippen molar-refractivity contribution < 1.29 is 26.7 Å². The number of sulfone groups is 1. The molecule has 1 aliphatic heterocycles. The van der Waals surface area contributed by atoms with Gasteiger partial charge >= 0.3 is 0 Å². The summed E-state index contributed by atoms with van der Waals surface area (Å²) < 4.78 is 51.0. The summed E-state index contributed by atoms with van der Waals surface area (Å²) in [6.45, 7) is 5.21. The number of fused-ring (bicyclic) bond motifs is 1. The lowest BCUT2D eigenvalue weighted by Gasteiger charge is -2.27. The molecule has 1 aliphatic rings. The van der Waals surface area contributed by atoms with Gasteiger partial charge in [-0.3, -0.25) is 4.79 Å². The molecule has 1 amide bonds. The zero-order chi connectivity index (χ0) is 18.3. The van der Waals surface area contributed by atoms with Crippen molar-refractivity contribution in [2.45, 2.75) is 53.0 Å². The van der Waals surface area contributed by atoms with Crippen LogP contribution < -0.4 is 10.0 Å². The fraction of sp³-hybridized carbons (Fsp3) is 0.615. The number of carbonyl (C=O) groups excluding carboxylic acids is 1. The maximum absolute atomic E-state index is 12.5. The van der Waals surface area contributed by atoms with Gasteiger partial charge in [0, 0.05) is 11.6 Å². The predicted molar refractivity (Wildman–Crippen MR) is 89.0 cm³/mol. The number of aliphatic hydroxyl groups excluding tert-OH is 1. The van der Waals surface area contributed by atoms with Crippen molar-refractivity contribution in [2.75, 3.05) is 6.54 Å². The molecule has 0 radical (unpaired) electrons. The molecule has 11 heteroatoms. The van der Waals surface area contributed by atoms with Gasteiger partial charge < -0.3 is 10.4 Å². The summed E-state index contributed by atoms with van der Waals surface area (Å²) >= 11 is 0.624. The van der Waals surface area contributed by atoms with Crippen LogP contribution in [-0.4, -0.2) is 45.7 Å². The van der Waals surface area contributed by atoms with Crippen LogP contribution >= 0.6 is 11.3 Å². The van der Waals surface area contributed by atoms with Gasteiger partial charge in [0.1, 0.15) is 14.5 Å². The molecule has 136 valence electrons. The lowest BCUT2D eigenvalue weighted by Crippen LogP contribution is -2.36. The summed E-state index contributed by atoms with van der Waals surface area (Å²) in [5, 5.41) is 11.7. The number of thiophene rings is 1. The minimum Gasteiger partial charge on any atom is -0.384 e. The van der Waals surface area contributed by atoms with E-state index in [0.29, 0.717) is 29.9 Å². The summed E-state index contributed by atoms with van der Waals surface area (Å²) in [5.41, 5.74) is 0.407. The maximum atomic E-state index is 12.5. The molecule has 3 N–H and O–H groups in total. The second-order valence-electron chi connectivity index (χ2n) is 5.66. The number of carbonyl (C=O) groups is 1. The molecule has 0 saturated heterocycles. The Kier molecular flexibility index (Phi) is 5.40. The Morgan fingerprint density at radius 1 is 1.50 bits per heavy atom. The van der Waals surface area contributed by atoms with E-state index in [0.717, 1.165) is 6.92 Å². The van der Waals surface area contributed by atoms with E-state index in [9.17, 15) is 21.6 Å². The predicted octanol–water partition coefficient (Wildman–Crippen LogP) is 0.150. The summed E-state index contributed by atoms with van der Waals surface area (Å²) in [6, 6.07) is 1.02. The highest BCUT2D eigenvalue weighted by Gasteiger charge is 2.39. The van der Waals surface area contributed by atoms with Crippen LogP contribution in [0.3, 0.4) is 0 Å². The number of hydrogen-bond acceptors (Lipinski definition) is 8. The molecule has 2 rings (SSSR count). The van der Waals surface area contributed by atoms with Gasteiger partial charge in [-0.05, 0) is 32.9 Å². The van der Waals surface area contributed by atoms with Crippen molar-refractivity contribution in [1.82, 2.24) is 10.0 Å². The fourth-order valence-corrected chi connectivity index (χ4v) is 7.48. The first-order chi connectivity index (χ1) is 11.0. The van der Waals surface area contributed by atoms with Crippen molar-refractivity contribution in [3.8, 4) is 0 Å². The molecule has 0 aromatic carbocycles. The zero-order valence-electron chi connectivity index (χ0n) is 13.4. The molecule has 24 heavy (non-hydrogen) atoms. The van der Waals surface area contributed by atoms with E-state index in [-0.39, 0.29) is 14.5 Å². The van der Waals surface area contributed by atoms with E-state index in [4.69, 9.17) is 5.11 Å². The molecule has 0 bridgehead atoms. The molecule has 0 fully saturated rings. The van der Waals surface area contributed by atoms with Crippen molar-refractivity contribution >= 4 is 37.1 Å². The Hall–Kier alpha value is -1.01. The average molecular weight is 397 g/mol. The summed E-state index contributed by atoms with van der Waals surface area (Å²) in [4.78, 5) is 11.5. The van der Waals surface area contributed by atoms with Crippen LogP contribution in [0.15, 0.2) is 14.5 Å². The first-order valence-electron chi connectivity index (χ1n) is 7.36. The summed E-state index contributed by atoms with van der Waals surface area (Å²) in [6.07, 6.45) is -1.15. The van der Waals surface area contributed by atoms with Crippen LogP contribution in [0, 0.1) is 0 Å². The number of hydrogen-bond donors (Lipinski definition) is 3. The van der Waals surface area contributed by atoms with Gasteiger partial charge in [-0.15, -0.1) is 11.3 Å². The average Bonchev–Trinajstić information content (AvgIpc) is 2.92. The fourth-order valence-electron chi connectivity index (χ4n) is 2.44. The van der Waals surface area contributed by atoms with E-state index >= 15 is 0 Å². The van der Waals surface area contributed by atoms with Crippen molar-refractivity contribution in [1.29, 1.82) is 0 Å². The van der Waals surface area contributed by atoms with Gasteiger partial charge in [-0.25, -0.2) is 21.6 Å². The quantitative estimate of drug-likeness (QED) is 0.646. The Bertz CT molecular complexity index is 841. The van der Waals surface area contributed by atoms with Crippen LogP contribution in [0.25, 0.3) is 0 Å². The van der Waals surface area contributed by atoms with Gasteiger partial charge in [0.2, 0.25) is 0 Å². The van der Waals surface area contributed by atoms with E-state index < -0.39 is 37.1 Å². The third-order valence-electron chi connectivity index (χ3n) is 3.76. The topological polar surface area (TPSA) is 130 Å². The number of nitrogens with one attached hydrogen (secondary N) is 2. The third kappa shape index (κ3) is 3.49. The Balaban J connectivity index is 2.50. The molecule has 1 aromatic heterocycles. The first kappa shape index (κ1) is 19.3. The van der Waals surface area contributed by atoms with Crippen LogP contribution in [0.4, 0.5) is 0 Å². The highest BCUT2D eigenvalue weighted by molar-refractivity contribution is 7.95. The second kappa shape index (κ2) is 6.71. The van der Waals surface area contributed by atoms with E-state index in [1.165, 1.54) is 6.07 Å². The minimum atomic E-state index is -4.24. The zero-order valence-corrected chi connectivity index (χ0v) is 15.9. The van der Waals surface area contributed by atoms with Gasteiger partial charge in [-0.2, -0.15) is 0 Å². The second-order valence-corrected chi connectivity index (χ2v) is 11.2. The monoisotopic (exact) mass is 396 g/mol. The van der Waals surface area contributed by atoms with Crippen LogP contribution in [-0.2, 0) is 24.7 Å². The van der Waals surface area contributed by atoms with Gasteiger partial charge in [-0.1, -0.05) is 6.92 Å². The van der Waals surface area contributed by atoms with Crippen LogP contribution in [0.1, 0.15) is 38.8 Å². The number of rotatable bonds is 5. The molecule has 8 nitrogen and oxygen atoms in total. The normalized spacial score (nSPS) is 24.2. The van der Waals surface area contributed by atoms with E-state index in [1.807, 2.05) is 6.92 Å². The summed E-state index contributed by atoms with van der Waals surface area (Å²) in [5.74, 6) is -1.07. The molecular weight excluding hydrogens is 376 g/mol. The van der Waals surface area contributed by atoms with Crippen LogP contribution in [0.5, 0.6) is 0 Å². The molecule has 0 unspecified atom stereocenters. The van der Waals surface area contributed by atoms with Gasteiger partial charge in [0.25, 0.3) is 15.9 Å². The highest BCUT2D eigenvalue weighted by Crippen LogP contribution is 2.42. The molecule has 3 atom stereocenters. The third-order valence-corrected chi connectivity index (χ3v) is 9.48.